The third kappa shape index (κ3) is 2.71. The van der Waals surface area contributed by atoms with Crippen molar-refractivity contribution in [1.29, 1.82) is 0 Å². The minimum absolute atomic E-state index is 0.0331. The van der Waals surface area contributed by atoms with Crippen molar-refractivity contribution in [3.05, 3.63) is 61.6 Å². The molecule has 0 amide bonds. The van der Waals surface area contributed by atoms with Gasteiger partial charge in [-0.2, -0.15) is 0 Å². The third-order valence-electron chi connectivity index (χ3n) is 4.22. The molecule has 10 heteroatoms. The minimum atomic E-state index is -0.928. The van der Waals surface area contributed by atoms with E-state index in [1.807, 2.05) is 0 Å². The standard InChI is InChI=1S/C17H15N3O7/c1-2-24-16(22)11-10(7-3-4-8-9(5-7)26-6-25-8)12-14(21)19-17(23)20-15(12)27-13(11)18/h3-5,10H,2,6,18H2,1H3,(H2,19,20,21,23)/t10-/m0/s1. The summed E-state index contributed by atoms with van der Waals surface area (Å²) in [6.07, 6.45) is 0. The number of fused-ring (bicyclic) bond motifs is 2. The summed E-state index contributed by atoms with van der Waals surface area (Å²) in [6.45, 7) is 1.82. The fourth-order valence-electron chi connectivity index (χ4n) is 3.12. The topological polar surface area (TPSA) is 146 Å². The van der Waals surface area contributed by atoms with Gasteiger partial charge in [-0.25, -0.2) is 9.59 Å². The number of hydrogen-bond acceptors (Lipinski definition) is 8. The molecule has 0 aliphatic carbocycles. The van der Waals surface area contributed by atoms with Crippen LogP contribution >= 0.6 is 0 Å². The van der Waals surface area contributed by atoms with Gasteiger partial charge in [0.15, 0.2) is 11.5 Å². The van der Waals surface area contributed by atoms with E-state index >= 15 is 0 Å². The minimum Gasteiger partial charge on any atom is -0.462 e. The number of nitrogens with one attached hydrogen (secondary N) is 2. The van der Waals surface area contributed by atoms with E-state index < -0.39 is 23.1 Å². The molecule has 0 bridgehead atoms. The Morgan fingerprint density at radius 3 is 2.81 bits per heavy atom. The number of ether oxygens (including phenoxy) is 4. The SMILES string of the molecule is CCOC(=O)C1=C(N)Oc2[nH]c(=O)[nH]c(=O)c2[C@H]1c1ccc2c(c1)OCO2. The molecule has 0 spiro atoms. The van der Waals surface area contributed by atoms with Crippen molar-refractivity contribution in [2.45, 2.75) is 12.8 Å². The number of hydrogen-bond donors (Lipinski definition) is 3. The summed E-state index contributed by atoms with van der Waals surface area (Å²) in [5.41, 5.74) is 4.99. The maximum Gasteiger partial charge on any atom is 0.340 e. The van der Waals surface area contributed by atoms with Crippen molar-refractivity contribution in [3.8, 4) is 17.4 Å². The monoisotopic (exact) mass is 373 g/mol. The molecule has 2 aliphatic rings. The molecule has 140 valence electrons. The van der Waals surface area contributed by atoms with Crippen LogP contribution in [-0.4, -0.2) is 29.3 Å². The van der Waals surface area contributed by atoms with E-state index in [0.29, 0.717) is 17.1 Å². The van der Waals surface area contributed by atoms with Crippen LogP contribution in [0.15, 0.2) is 39.2 Å². The third-order valence-corrected chi connectivity index (χ3v) is 4.22. The van der Waals surface area contributed by atoms with Gasteiger partial charge in [-0.3, -0.25) is 14.8 Å². The van der Waals surface area contributed by atoms with Crippen LogP contribution in [0.25, 0.3) is 0 Å². The molecule has 0 unspecified atom stereocenters. The Bertz CT molecular complexity index is 1080. The Labute approximate surface area is 151 Å². The predicted octanol–water partition coefficient (Wildman–Crippen LogP) is 0.0496. The summed E-state index contributed by atoms with van der Waals surface area (Å²) < 4.78 is 21.1. The Morgan fingerprint density at radius 2 is 2.04 bits per heavy atom. The van der Waals surface area contributed by atoms with Crippen molar-refractivity contribution in [3.63, 3.8) is 0 Å². The first-order valence-corrected chi connectivity index (χ1v) is 8.10. The molecule has 10 nitrogen and oxygen atoms in total. The summed E-state index contributed by atoms with van der Waals surface area (Å²) in [4.78, 5) is 41.2. The van der Waals surface area contributed by atoms with Crippen LogP contribution < -0.4 is 31.2 Å². The van der Waals surface area contributed by atoms with Gasteiger partial charge >= 0.3 is 11.7 Å². The number of H-pyrrole nitrogens is 2. The molecule has 0 saturated heterocycles. The largest absolute Gasteiger partial charge is 0.462 e. The average Bonchev–Trinajstić information content (AvgIpc) is 3.07. The van der Waals surface area contributed by atoms with Crippen LogP contribution in [0.1, 0.15) is 24.0 Å². The van der Waals surface area contributed by atoms with Gasteiger partial charge in [-0.15, -0.1) is 0 Å². The van der Waals surface area contributed by atoms with E-state index in [0.717, 1.165) is 0 Å². The summed E-state index contributed by atoms with van der Waals surface area (Å²) in [5.74, 6) is -1.04. The predicted molar refractivity (Wildman–Crippen MR) is 90.6 cm³/mol. The van der Waals surface area contributed by atoms with E-state index in [4.69, 9.17) is 24.7 Å². The van der Waals surface area contributed by atoms with Crippen LogP contribution in [0.4, 0.5) is 0 Å². The van der Waals surface area contributed by atoms with E-state index in [2.05, 4.69) is 9.97 Å². The summed E-state index contributed by atoms with van der Waals surface area (Å²) in [6, 6.07) is 4.97. The zero-order valence-corrected chi connectivity index (χ0v) is 14.2. The number of benzene rings is 1. The van der Waals surface area contributed by atoms with Crippen LogP contribution in [0, 0.1) is 0 Å². The molecule has 4 N–H and O–H groups in total. The van der Waals surface area contributed by atoms with Gasteiger partial charge in [0.2, 0.25) is 18.6 Å². The van der Waals surface area contributed by atoms with Crippen LogP contribution in [0.5, 0.6) is 17.4 Å². The highest BCUT2D eigenvalue weighted by atomic mass is 16.7. The second-order valence-electron chi connectivity index (χ2n) is 5.80. The molecular formula is C17H15N3O7. The van der Waals surface area contributed by atoms with Gasteiger partial charge in [0, 0.05) is 0 Å². The highest BCUT2D eigenvalue weighted by Crippen LogP contribution is 2.42. The number of rotatable bonds is 3. The Balaban J connectivity index is 1.95. The molecule has 1 atom stereocenters. The highest BCUT2D eigenvalue weighted by Gasteiger charge is 2.38. The van der Waals surface area contributed by atoms with Crippen molar-refractivity contribution in [2.24, 2.45) is 5.73 Å². The van der Waals surface area contributed by atoms with Gasteiger partial charge < -0.3 is 24.7 Å². The summed E-state index contributed by atoms with van der Waals surface area (Å²) in [5, 5.41) is 0. The summed E-state index contributed by atoms with van der Waals surface area (Å²) in [7, 11) is 0. The van der Waals surface area contributed by atoms with Gasteiger partial charge in [0.1, 0.15) is 5.57 Å². The molecule has 4 rings (SSSR count). The zero-order valence-electron chi connectivity index (χ0n) is 14.2. The molecule has 2 aromatic rings. The molecule has 1 aromatic carbocycles. The number of carbonyl (C=O) groups excluding carboxylic acids is 1. The lowest BCUT2D eigenvalue weighted by Crippen LogP contribution is -2.35. The van der Waals surface area contributed by atoms with E-state index in [1.54, 1.807) is 25.1 Å². The first kappa shape index (κ1) is 16.8. The van der Waals surface area contributed by atoms with Gasteiger partial charge in [0.05, 0.1) is 18.1 Å². The van der Waals surface area contributed by atoms with Gasteiger partial charge in [-0.1, -0.05) is 6.07 Å². The van der Waals surface area contributed by atoms with Crippen molar-refractivity contribution < 1.29 is 23.7 Å². The molecule has 0 saturated carbocycles. The van der Waals surface area contributed by atoms with Crippen LogP contribution in [-0.2, 0) is 9.53 Å². The Hall–Kier alpha value is -3.69. The maximum absolute atomic E-state index is 12.5. The smallest absolute Gasteiger partial charge is 0.340 e. The molecular weight excluding hydrogens is 358 g/mol. The summed E-state index contributed by atoms with van der Waals surface area (Å²) >= 11 is 0. The number of esters is 1. The number of aromatic amines is 2. The average molecular weight is 373 g/mol. The lowest BCUT2D eigenvalue weighted by molar-refractivity contribution is -0.139. The fraction of sp³-hybridized carbons (Fsp3) is 0.235. The number of aromatic nitrogens is 2. The van der Waals surface area contributed by atoms with Crippen molar-refractivity contribution in [1.82, 2.24) is 9.97 Å². The molecule has 0 radical (unpaired) electrons. The quantitative estimate of drug-likeness (QED) is 0.640. The lowest BCUT2D eigenvalue weighted by atomic mass is 9.84. The fourth-order valence-corrected chi connectivity index (χ4v) is 3.12. The van der Waals surface area contributed by atoms with E-state index in [9.17, 15) is 14.4 Å². The second-order valence-corrected chi connectivity index (χ2v) is 5.80. The molecule has 3 heterocycles. The zero-order chi connectivity index (χ0) is 19.1. The normalized spacial score (nSPS) is 17.3. The highest BCUT2D eigenvalue weighted by molar-refractivity contribution is 5.92. The number of carbonyl (C=O) groups is 1. The molecule has 0 fully saturated rings. The molecule has 1 aromatic heterocycles. The molecule has 27 heavy (non-hydrogen) atoms. The van der Waals surface area contributed by atoms with Crippen LogP contribution in [0.2, 0.25) is 0 Å². The van der Waals surface area contributed by atoms with E-state index in [-0.39, 0.29) is 36.3 Å². The Kier molecular flexibility index (Phi) is 3.87. The van der Waals surface area contributed by atoms with Gasteiger partial charge in [-0.05, 0) is 24.6 Å². The number of nitrogens with two attached hydrogens (primary N) is 1. The maximum atomic E-state index is 12.5. The van der Waals surface area contributed by atoms with E-state index in [1.165, 1.54) is 0 Å². The lowest BCUT2D eigenvalue weighted by Gasteiger charge is -2.27. The van der Waals surface area contributed by atoms with Gasteiger partial charge in [0.25, 0.3) is 5.56 Å². The first-order chi connectivity index (χ1) is 13.0. The Morgan fingerprint density at radius 1 is 1.26 bits per heavy atom. The van der Waals surface area contributed by atoms with Crippen molar-refractivity contribution >= 4 is 5.97 Å². The molecule has 2 aliphatic heterocycles. The first-order valence-electron chi connectivity index (χ1n) is 8.10. The second kappa shape index (κ2) is 6.24. The van der Waals surface area contributed by atoms with Crippen molar-refractivity contribution in [2.75, 3.05) is 13.4 Å². The van der Waals surface area contributed by atoms with Crippen LogP contribution in [0.3, 0.4) is 0 Å².